The lowest BCUT2D eigenvalue weighted by atomic mass is 10.3. The molecule has 1 rings (SSSR count). The first kappa shape index (κ1) is 15.1. The van der Waals surface area contributed by atoms with E-state index < -0.39 is 39.3 Å². The topological polar surface area (TPSA) is 131 Å². The van der Waals surface area contributed by atoms with E-state index in [2.05, 4.69) is 15.4 Å². The normalized spacial score (nSPS) is 12.9. The van der Waals surface area contributed by atoms with Crippen molar-refractivity contribution in [2.24, 2.45) is 7.05 Å². The van der Waals surface area contributed by atoms with Crippen molar-refractivity contribution in [2.75, 3.05) is 5.75 Å². The maximum atomic E-state index is 11.9. The first-order chi connectivity index (χ1) is 8.71. The van der Waals surface area contributed by atoms with E-state index >= 15 is 0 Å². The predicted octanol–water partition coefficient (Wildman–Crippen LogP) is -1.68. The van der Waals surface area contributed by atoms with E-state index in [1.807, 2.05) is 0 Å². The van der Waals surface area contributed by atoms with Gasteiger partial charge in [-0.1, -0.05) is 0 Å². The molecule has 0 aliphatic rings. The molecule has 1 atom stereocenters. The van der Waals surface area contributed by atoms with Gasteiger partial charge in [-0.2, -0.15) is 5.10 Å². The number of rotatable bonds is 6. The Morgan fingerprint density at radius 2 is 2.16 bits per heavy atom. The molecule has 1 unspecified atom stereocenters. The van der Waals surface area contributed by atoms with Crippen LogP contribution in [0.4, 0.5) is 0 Å². The minimum Gasteiger partial charge on any atom is -0.480 e. The van der Waals surface area contributed by atoms with Crippen molar-refractivity contribution in [3.8, 4) is 0 Å². The molecule has 1 aromatic rings. The average Bonchev–Trinajstić information content (AvgIpc) is 2.61. The van der Waals surface area contributed by atoms with Gasteiger partial charge in [-0.3, -0.25) is 9.48 Å². The summed E-state index contributed by atoms with van der Waals surface area (Å²) in [4.78, 5) is 25.4. The second kappa shape index (κ2) is 5.78. The summed E-state index contributed by atoms with van der Waals surface area (Å²) in [5.41, 5.74) is 0. The number of hydrogen-bond acceptors (Lipinski definition) is 6. The van der Waals surface area contributed by atoms with Gasteiger partial charge in [0.15, 0.2) is 9.84 Å². The lowest BCUT2D eigenvalue weighted by Gasteiger charge is -2.13. The number of nitrogens with one attached hydrogen (secondary N) is 1. The molecule has 0 saturated carbocycles. The summed E-state index contributed by atoms with van der Waals surface area (Å²) in [5, 5.41) is 14.6. The zero-order chi connectivity index (χ0) is 14.6. The molecule has 0 aliphatic heterocycles. The summed E-state index contributed by atoms with van der Waals surface area (Å²) in [6.45, 7) is 1.12. The highest BCUT2D eigenvalue weighted by Gasteiger charge is 2.27. The molecule has 106 valence electrons. The van der Waals surface area contributed by atoms with Crippen LogP contribution in [0.1, 0.15) is 12.7 Å². The highest BCUT2D eigenvalue weighted by Crippen LogP contribution is 2.04. The smallest absolute Gasteiger partial charge is 0.327 e. The summed E-state index contributed by atoms with van der Waals surface area (Å²) < 4.78 is 25.0. The molecule has 0 aliphatic carbocycles. The third-order valence-corrected chi connectivity index (χ3v) is 3.79. The molecule has 1 heterocycles. The molecule has 0 bridgehead atoms. The van der Waals surface area contributed by atoms with Crippen molar-refractivity contribution in [3.63, 3.8) is 0 Å². The summed E-state index contributed by atoms with van der Waals surface area (Å²) in [6.07, 6.45) is 1.20. The van der Waals surface area contributed by atoms with Crippen LogP contribution in [0.15, 0.2) is 6.33 Å². The summed E-state index contributed by atoms with van der Waals surface area (Å²) in [5.74, 6) is -2.95. The van der Waals surface area contributed by atoms with Crippen molar-refractivity contribution in [3.05, 3.63) is 12.2 Å². The van der Waals surface area contributed by atoms with Gasteiger partial charge in [0.1, 0.15) is 23.9 Å². The Kier molecular flexibility index (Phi) is 4.59. The van der Waals surface area contributed by atoms with E-state index in [1.54, 1.807) is 0 Å². The van der Waals surface area contributed by atoms with Gasteiger partial charge in [0.25, 0.3) is 0 Å². The third kappa shape index (κ3) is 4.66. The van der Waals surface area contributed by atoms with E-state index in [9.17, 15) is 18.0 Å². The highest BCUT2D eigenvalue weighted by molar-refractivity contribution is 7.90. The molecule has 9 nitrogen and oxygen atoms in total. The molecule has 0 radical (unpaired) electrons. The van der Waals surface area contributed by atoms with Crippen LogP contribution < -0.4 is 5.32 Å². The molecule has 1 aromatic heterocycles. The van der Waals surface area contributed by atoms with E-state index in [1.165, 1.54) is 18.1 Å². The van der Waals surface area contributed by atoms with Crippen LogP contribution in [0.5, 0.6) is 0 Å². The van der Waals surface area contributed by atoms with E-state index in [0.29, 0.717) is 0 Å². The van der Waals surface area contributed by atoms with Gasteiger partial charge in [0.05, 0.1) is 5.75 Å². The van der Waals surface area contributed by atoms with Crippen LogP contribution in [0.25, 0.3) is 0 Å². The molecular weight excluding hydrogens is 276 g/mol. The number of carbonyl (C=O) groups excluding carboxylic acids is 1. The van der Waals surface area contributed by atoms with Crippen LogP contribution in [-0.2, 0) is 32.2 Å². The van der Waals surface area contributed by atoms with Gasteiger partial charge in [0, 0.05) is 14.0 Å². The quantitative estimate of drug-likeness (QED) is 0.639. The number of aryl methyl sites for hydroxylation is 1. The number of nitrogens with zero attached hydrogens (tertiary/aromatic N) is 3. The average molecular weight is 290 g/mol. The number of aliphatic carboxylic acids is 1. The van der Waals surface area contributed by atoms with E-state index in [0.717, 1.165) is 6.92 Å². The van der Waals surface area contributed by atoms with E-state index in [-0.39, 0.29) is 5.82 Å². The molecule has 10 heteroatoms. The molecule has 1 amide bonds. The summed E-state index contributed by atoms with van der Waals surface area (Å²) in [6, 6.07) is -1.48. The molecule has 0 spiro atoms. The highest BCUT2D eigenvalue weighted by atomic mass is 32.2. The lowest BCUT2D eigenvalue weighted by molar-refractivity contribution is -0.140. The summed E-state index contributed by atoms with van der Waals surface area (Å²) >= 11 is 0. The molecule has 0 aromatic carbocycles. The fraction of sp³-hybridized carbons (Fsp3) is 0.556. The van der Waals surface area contributed by atoms with Crippen LogP contribution in [0.2, 0.25) is 0 Å². The third-order valence-electron chi connectivity index (χ3n) is 2.25. The van der Waals surface area contributed by atoms with Gasteiger partial charge in [-0.05, 0) is 0 Å². The minimum absolute atomic E-state index is 0.201. The molecule has 0 saturated heterocycles. The van der Waals surface area contributed by atoms with Gasteiger partial charge < -0.3 is 10.4 Å². The first-order valence-electron chi connectivity index (χ1n) is 5.24. The Bertz CT molecular complexity index is 579. The Balaban J connectivity index is 2.80. The Morgan fingerprint density at radius 3 is 2.58 bits per heavy atom. The van der Waals surface area contributed by atoms with Crippen LogP contribution in [-0.4, -0.2) is 52.0 Å². The number of sulfone groups is 1. The summed E-state index contributed by atoms with van der Waals surface area (Å²) in [7, 11) is -2.21. The van der Waals surface area contributed by atoms with Crippen LogP contribution in [0.3, 0.4) is 0 Å². The largest absolute Gasteiger partial charge is 0.480 e. The number of aromatic nitrogens is 3. The number of carboxylic acids is 1. The molecule has 19 heavy (non-hydrogen) atoms. The number of hydrogen-bond donors (Lipinski definition) is 2. The van der Waals surface area contributed by atoms with Gasteiger partial charge in [-0.25, -0.2) is 18.2 Å². The fourth-order valence-corrected chi connectivity index (χ4v) is 2.89. The van der Waals surface area contributed by atoms with Gasteiger partial charge in [-0.15, -0.1) is 0 Å². The standard InChI is InChI=1S/C9H14N4O5S/c1-6(14)12-7(9(15)16)3-19(17,18)4-8-10-5-11-13(8)2/h5,7H,3-4H2,1-2H3,(H,12,14)(H,15,16). The lowest BCUT2D eigenvalue weighted by Crippen LogP contribution is -2.44. The molecule has 2 N–H and O–H groups in total. The maximum absolute atomic E-state index is 11.9. The van der Waals surface area contributed by atoms with Crippen LogP contribution >= 0.6 is 0 Å². The minimum atomic E-state index is -3.74. The number of carbonyl (C=O) groups is 2. The van der Waals surface area contributed by atoms with Gasteiger partial charge >= 0.3 is 5.97 Å². The van der Waals surface area contributed by atoms with E-state index in [4.69, 9.17) is 5.11 Å². The van der Waals surface area contributed by atoms with Crippen molar-refractivity contribution >= 4 is 21.7 Å². The fourth-order valence-electron chi connectivity index (χ4n) is 1.38. The molecule has 0 fully saturated rings. The maximum Gasteiger partial charge on any atom is 0.327 e. The Hall–Kier alpha value is -1.97. The second-order valence-corrected chi connectivity index (χ2v) is 6.05. The van der Waals surface area contributed by atoms with Crippen molar-refractivity contribution in [2.45, 2.75) is 18.7 Å². The Morgan fingerprint density at radius 1 is 1.53 bits per heavy atom. The zero-order valence-corrected chi connectivity index (χ0v) is 11.2. The first-order valence-corrected chi connectivity index (χ1v) is 7.06. The predicted molar refractivity (Wildman–Crippen MR) is 63.7 cm³/mol. The van der Waals surface area contributed by atoms with Crippen molar-refractivity contribution < 1.29 is 23.1 Å². The zero-order valence-electron chi connectivity index (χ0n) is 10.4. The Labute approximate surface area is 109 Å². The van der Waals surface area contributed by atoms with Crippen molar-refractivity contribution in [1.29, 1.82) is 0 Å². The van der Waals surface area contributed by atoms with Crippen molar-refractivity contribution in [1.82, 2.24) is 20.1 Å². The number of amides is 1. The molecular formula is C9H14N4O5S. The number of carboxylic acid groups (broad SMARTS) is 1. The monoisotopic (exact) mass is 290 g/mol. The van der Waals surface area contributed by atoms with Gasteiger partial charge in [0.2, 0.25) is 5.91 Å². The SMILES string of the molecule is CC(=O)NC(CS(=O)(=O)Cc1ncnn1C)C(=O)O. The van der Waals surface area contributed by atoms with Crippen LogP contribution in [0, 0.1) is 0 Å². The second-order valence-electron chi connectivity index (χ2n) is 3.95.